The Labute approximate surface area is 129 Å². The van der Waals surface area contributed by atoms with Crippen LogP contribution in [0.5, 0.6) is 0 Å². The quantitative estimate of drug-likeness (QED) is 0.727. The van der Waals surface area contributed by atoms with Crippen molar-refractivity contribution in [1.82, 2.24) is 9.55 Å². The number of halogens is 2. The summed E-state index contributed by atoms with van der Waals surface area (Å²) in [6.07, 6.45) is 3.18. The number of hydrogen-bond donors (Lipinski definition) is 1. The lowest BCUT2D eigenvalue weighted by Crippen LogP contribution is -2.02. The van der Waals surface area contributed by atoms with Crippen molar-refractivity contribution in [3.8, 4) is 0 Å². The Morgan fingerprint density at radius 2 is 2.22 bits per heavy atom. The van der Waals surface area contributed by atoms with Crippen LogP contribution in [0.4, 0.5) is 11.6 Å². The molecule has 18 heavy (non-hydrogen) atoms. The fourth-order valence-electron chi connectivity index (χ4n) is 1.76. The Kier molecular flexibility index (Phi) is 4.66. The van der Waals surface area contributed by atoms with Gasteiger partial charge in [0.1, 0.15) is 0 Å². The first-order valence-electron chi connectivity index (χ1n) is 5.86. The van der Waals surface area contributed by atoms with Gasteiger partial charge in [0.15, 0.2) is 0 Å². The first-order valence-corrected chi connectivity index (χ1v) is 7.73. The molecule has 3 nitrogen and oxygen atoms in total. The second kappa shape index (κ2) is 6.06. The summed E-state index contributed by atoms with van der Waals surface area (Å²) in [5.74, 6) is 0.905. The highest BCUT2D eigenvalue weighted by Crippen LogP contribution is 2.25. The molecule has 1 aromatic heterocycles. The summed E-state index contributed by atoms with van der Waals surface area (Å²) in [5.41, 5.74) is 2.08. The van der Waals surface area contributed by atoms with Crippen LogP contribution in [-0.4, -0.2) is 9.55 Å². The zero-order chi connectivity index (χ0) is 13.1. The summed E-state index contributed by atoms with van der Waals surface area (Å²) in [7, 11) is 0. The molecule has 0 fully saturated rings. The summed E-state index contributed by atoms with van der Waals surface area (Å²) in [6.45, 7) is 5.16. The van der Waals surface area contributed by atoms with Crippen LogP contribution in [0.3, 0.4) is 0 Å². The molecule has 0 saturated carbocycles. The van der Waals surface area contributed by atoms with E-state index in [0.29, 0.717) is 0 Å². The van der Waals surface area contributed by atoms with E-state index in [9.17, 15) is 0 Å². The summed E-state index contributed by atoms with van der Waals surface area (Å²) < 4.78 is 4.45. The molecule has 2 aromatic rings. The third kappa shape index (κ3) is 3.26. The molecule has 96 valence electrons. The van der Waals surface area contributed by atoms with Gasteiger partial charge in [-0.3, -0.25) is 0 Å². The van der Waals surface area contributed by atoms with E-state index in [2.05, 4.69) is 84.7 Å². The highest BCUT2D eigenvalue weighted by atomic mass is 127. The first kappa shape index (κ1) is 13.9. The molecule has 2 rings (SSSR count). The van der Waals surface area contributed by atoms with E-state index < -0.39 is 0 Å². The van der Waals surface area contributed by atoms with Gasteiger partial charge in [-0.2, -0.15) is 0 Å². The normalized spacial score (nSPS) is 10.7. The highest BCUT2D eigenvalue weighted by Gasteiger charge is 2.06. The Bertz CT molecular complexity index is 551. The van der Waals surface area contributed by atoms with E-state index >= 15 is 0 Å². The van der Waals surface area contributed by atoms with Crippen molar-refractivity contribution in [3.63, 3.8) is 0 Å². The second-order valence-corrected chi connectivity index (χ2v) is 6.17. The standard InChI is InChI=1S/C13H15BrIN3/c1-3-6-18-8-9(2)16-13(18)17-10-4-5-12(15)11(14)7-10/h4-5,7-8H,3,6H2,1-2H3,(H,16,17). The van der Waals surface area contributed by atoms with Crippen LogP contribution in [0.1, 0.15) is 19.0 Å². The third-order valence-corrected chi connectivity index (χ3v) is 4.88. The van der Waals surface area contributed by atoms with Crippen LogP contribution in [0.25, 0.3) is 0 Å². The maximum absolute atomic E-state index is 4.51. The molecule has 5 heteroatoms. The van der Waals surface area contributed by atoms with Gasteiger partial charge in [-0.05, 0) is 70.1 Å². The fraction of sp³-hybridized carbons (Fsp3) is 0.308. The van der Waals surface area contributed by atoms with Crippen LogP contribution in [0.2, 0.25) is 0 Å². The smallest absolute Gasteiger partial charge is 0.207 e. The highest BCUT2D eigenvalue weighted by molar-refractivity contribution is 14.1. The number of imidazole rings is 1. The Morgan fingerprint density at radius 3 is 2.89 bits per heavy atom. The number of anilines is 2. The monoisotopic (exact) mass is 419 g/mol. The molecule has 0 unspecified atom stereocenters. The molecule has 0 bridgehead atoms. The van der Waals surface area contributed by atoms with Crippen LogP contribution in [0, 0.1) is 10.5 Å². The van der Waals surface area contributed by atoms with E-state index in [0.717, 1.165) is 34.8 Å². The number of rotatable bonds is 4. The molecule has 0 aliphatic carbocycles. The van der Waals surface area contributed by atoms with Gasteiger partial charge in [0.25, 0.3) is 0 Å². The van der Waals surface area contributed by atoms with Crippen molar-refractivity contribution in [3.05, 3.63) is 38.1 Å². The van der Waals surface area contributed by atoms with Gasteiger partial charge in [-0.1, -0.05) is 6.92 Å². The average molecular weight is 420 g/mol. The molecule has 1 heterocycles. The molecular weight excluding hydrogens is 405 g/mol. The molecular formula is C13H15BrIN3. The molecule has 0 spiro atoms. The number of benzene rings is 1. The van der Waals surface area contributed by atoms with Crippen LogP contribution < -0.4 is 5.32 Å². The van der Waals surface area contributed by atoms with Crippen LogP contribution in [0.15, 0.2) is 28.9 Å². The molecule has 0 amide bonds. The zero-order valence-corrected chi connectivity index (χ0v) is 14.1. The second-order valence-electron chi connectivity index (χ2n) is 4.15. The predicted octanol–water partition coefficient (Wildman–Crippen LogP) is 4.71. The predicted molar refractivity (Wildman–Crippen MR) is 87.4 cm³/mol. The van der Waals surface area contributed by atoms with Gasteiger partial charge < -0.3 is 9.88 Å². The lowest BCUT2D eigenvalue weighted by atomic mass is 10.3. The van der Waals surface area contributed by atoms with Gasteiger partial charge in [0.05, 0.1) is 5.69 Å². The zero-order valence-electron chi connectivity index (χ0n) is 10.4. The molecule has 0 saturated heterocycles. The van der Waals surface area contributed by atoms with Crippen LogP contribution in [-0.2, 0) is 6.54 Å². The number of aromatic nitrogens is 2. The van der Waals surface area contributed by atoms with E-state index in [1.807, 2.05) is 6.92 Å². The lowest BCUT2D eigenvalue weighted by Gasteiger charge is -2.09. The Morgan fingerprint density at radius 1 is 1.44 bits per heavy atom. The molecule has 1 N–H and O–H groups in total. The minimum Gasteiger partial charge on any atom is -0.326 e. The third-order valence-electron chi connectivity index (χ3n) is 2.54. The van der Waals surface area contributed by atoms with E-state index in [4.69, 9.17) is 0 Å². The van der Waals surface area contributed by atoms with Crippen molar-refractivity contribution in [2.75, 3.05) is 5.32 Å². The van der Waals surface area contributed by atoms with E-state index in [-0.39, 0.29) is 0 Å². The summed E-state index contributed by atoms with van der Waals surface area (Å²) >= 11 is 5.84. The summed E-state index contributed by atoms with van der Waals surface area (Å²) in [4.78, 5) is 4.51. The summed E-state index contributed by atoms with van der Waals surface area (Å²) in [5, 5.41) is 3.36. The topological polar surface area (TPSA) is 29.9 Å². The maximum atomic E-state index is 4.51. The van der Waals surface area contributed by atoms with Crippen molar-refractivity contribution < 1.29 is 0 Å². The van der Waals surface area contributed by atoms with Crippen molar-refractivity contribution in [2.45, 2.75) is 26.8 Å². The lowest BCUT2D eigenvalue weighted by molar-refractivity contribution is 0.686. The molecule has 0 radical (unpaired) electrons. The van der Waals surface area contributed by atoms with Gasteiger partial charge in [-0.15, -0.1) is 0 Å². The van der Waals surface area contributed by atoms with Crippen molar-refractivity contribution in [2.24, 2.45) is 0 Å². The average Bonchev–Trinajstić information content (AvgIpc) is 2.65. The first-order chi connectivity index (χ1) is 8.60. The number of hydrogen-bond acceptors (Lipinski definition) is 2. The molecule has 0 aliphatic heterocycles. The Hall–Kier alpha value is -0.560. The minimum atomic E-state index is 0.905. The van der Waals surface area contributed by atoms with Crippen LogP contribution >= 0.6 is 38.5 Å². The maximum Gasteiger partial charge on any atom is 0.207 e. The minimum absolute atomic E-state index is 0.905. The summed E-state index contributed by atoms with van der Waals surface area (Å²) in [6, 6.07) is 6.21. The largest absolute Gasteiger partial charge is 0.326 e. The van der Waals surface area contributed by atoms with Gasteiger partial charge in [-0.25, -0.2) is 4.98 Å². The number of nitrogens with zero attached hydrogens (tertiary/aromatic N) is 2. The SMILES string of the molecule is CCCn1cc(C)nc1Nc1ccc(I)c(Br)c1. The van der Waals surface area contributed by atoms with E-state index in [1.165, 1.54) is 3.57 Å². The van der Waals surface area contributed by atoms with Gasteiger partial charge in [0.2, 0.25) is 5.95 Å². The molecule has 0 aliphatic rings. The number of nitrogens with one attached hydrogen (secondary N) is 1. The molecule has 1 aromatic carbocycles. The van der Waals surface area contributed by atoms with Gasteiger partial charge in [0, 0.05) is 26.5 Å². The van der Waals surface area contributed by atoms with E-state index in [1.54, 1.807) is 0 Å². The molecule has 0 atom stereocenters. The van der Waals surface area contributed by atoms with Gasteiger partial charge >= 0.3 is 0 Å². The number of aryl methyl sites for hydroxylation is 2. The Balaban J connectivity index is 2.24. The van der Waals surface area contributed by atoms with Crippen molar-refractivity contribution >= 4 is 50.2 Å². The fourth-order valence-corrected chi connectivity index (χ4v) is 2.48. The van der Waals surface area contributed by atoms with Crippen molar-refractivity contribution in [1.29, 1.82) is 0 Å².